The Kier molecular flexibility index (Phi) is 5.50. The zero-order chi connectivity index (χ0) is 23.3. The van der Waals surface area contributed by atoms with Gasteiger partial charge in [0.15, 0.2) is 5.79 Å². The highest BCUT2D eigenvalue weighted by Gasteiger charge is 2.59. The summed E-state index contributed by atoms with van der Waals surface area (Å²) >= 11 is 0. The molecule has 4 aliphatic rings. The van der Waals surface area contributed by atoms with Gasteiger partial charge in [0.05, 0.1) is 25.1 Å². The van der Waals surface area contributed by atoms with E-state index in [4.69, 9.17) is 14.2 Å². The van der Waals surface area contributed by atoms with Crippen LogP contribution in [0.4, 0.5) is 11.4 Å². The Morgan fingerprint density at radius 3 is 2.24 bits per heavy atom. The number of para-hydroxylation sites is 2. The van der Waals surface area contributed by atoms with Crippen LogP contribution in [-0.4, -0.2) is 31.0 Å². The van der Waals surface area contributed by atoms with E-state index in [1.54, 1.807) is 0 Å². The highest BCUT2D eigenvalue weighted by atomic mass is 16.7. The molecule has 5 nitrogen and oxygen atoms in total. The van der Waals surface area contributed by atoms with Crippen LogP contribution in [0, 0.1) is 29.6 Å². The lowest BCUT2D eigenvalue weighted by Crippen LogP contribution is -2.53. The molecule has 2 saturated heterocycles. The highest BCUT2D eigenvalue weighted by Crippen LogP contribution is 2.58. The number of ether oxygens (including phenoxy) is 3. The highest BCUT2D eigenvalue weighted by molar-refractivity contribution is 6.02. The van der Waals surface area contributed by atoms with Gasteiger partial charge < -0.3 is 14.2 Å². The number of amides is 1. The number of allylic oxidation sites excluding steroid dienone is 1. The number of hydrogen-bond acceptors (Lipinski definition) is 4. The van der Waals surface area contributed by atoms with Gasteiger partial charge in [-0.1, -0.05) is 43.0 Å². The number of carbonyl (C=O) groups excluding carboxylic acids is 1. The van der Waals surface area contributed by atoms with Crippen molar-refractivity contribution in [2.24, 2.45) is 29.6 Å². The molecule has 2 aromatic rings. The Labute approximate surface area is 201 Å². The minimum atomic E-state index is -0.466. The monoisotopic (exact) mass is 459 g/mol. The van der Waals surface area contributed by atoms with Crippen LogP contribution in [-0.2, 0) is 19.0 Å². The van der Waals surface area contributed by atoms with Crippen LogP contribution >= 0.6 is 0 Å². The molecule has 6 rings (SSSR count). The summed E-state index contributed by atoms with van der Waals surface area (Å²) in [7, 11) is 0. The molecule has 0 N–H and O–H groups in total. The number of anilines is 2. The molecular formula is C29H33NO4. The van der Waals surface area contributed by atoms with Crippen LogP contribution in [0.1, 0.15) is 32.6 Å². The van der Waals surface area contributed by atoms with Crippen molar-refractivity contribution in [2.75, 3.05) is 18.1 Å². The molecule has 4 fully saturated rings. The third-order valence-electron chi connectivity index (χ3n) is 8.58. The molecular weight excluding hydrogens is 426 g/mol. The van der Waals surface area contributed by atoms with E-state index in [0.717, 1.165) is 42.8 Å². The lowest BCUT2D eigenvalue weighted by molar-refractivity contribution is -0.206. The molecule has 2 aliphatic heterocycles. The van der Waals surface area contributed by atoms with E-state index in [1.807, 2.05) is 65.6 Å². The van der Waals surface area contributed by atoms with Crippen LogP contribution in [0.3, 0.4) is 0 Å². The Hall–Kier alpha value is -2.63. The van der Waals surface area contributed by atoms with E-state index >= 15 is 0 Å². The number of fused-ring (bicyclic) bond motifs is 2. The summed E-state index contributed by atoms with van der Waals surface area (Å²) in [5.41, 5.74) is 1.80. The van der Waals surface area contributed by atoms with Crippen molar-refractivity contribution < 1.29 is 19.0 Å². The maximum absolute atomic E-state index is 14.6. The SMILES string of the molecule is C=C1OC(C)[C@H]2[C@@H](C(=O)N(c3ccccc3)c3ccccc3)[C@@H]3CCC4(C[C@H]3C[C@@H]12)OCCO4. The molecule has 2 saturated carbocycles. The summed E-state index contributed by atoms with van der Waals surface area (Å²) in [4.78, 5) is 16.6. The maximum Gasteiger partial charge on any atom is 0.235 e. The standard InChI is InChI=1S/C29H33NO4/c1-19-25-17-21-18-29(32-15-16-33-29)14-13-24(21)27(26(25)20(2)34-19)28(31)30(22-9-5-3-6-10-22)23-11-7-4-8-12-23/h3-12,20-21,24-27H,1,13-18H2,2H3/t20?,21-,24-,25+,26-,27+/m1/s1. The van der Waals surface area contributed by atoms with Crippen LogP contribution < -0.4 is 4.90 Å². The van der Waals surface area contributed by atoms with Gasteiger partial charge in [0.25, 0.3) is 0 Å². The number of rotatable bonds is 3. The van der Waals surface area contributed by atoms with Crippen molar-refractivity contribution >= 4 is 17.3 Å². The van der Waals surface area contributed by atoms with Crippen molar-refractivity contribution in [3.63, 3.8) is 0 Å². The Morgan fingerprint density at radius 2 is 1.62 bits per heavy atom. The first-order valence-corrected chi connectivity index (χ1v) is 12.6. The van der Waals surface area contributed by atoms with Crippen molar-refractivity contribution in [2.45, 2.75) is 44.5 Å². The molecule has 2 aromatic carbocycles. The molecule has 5 heteroatoms. The molecule has 178 valence electrons. The maximum atomic E-state index is 14.6. The predicted molar refractivity (Wildman–Crippen MR) is 130 cm³/mol. The average molecular weight is 460 g/mol. The van der Waals surface area contributed by atoms with Gasteiger partial charge in [0.2, 0.25) is 5.91 Å². The Morgan fingerprint density at radius 1 is 1.00 bits per heavy atom. The van der Waals surface area contributed by atoms with Crippen LogP contribution in [0.5, 0.6) is 0 Å². The van der Waals surface area contributed by atoms with Gasteiger partial charge in [-0.2, -0.15) is 0 Å². The molecule has 6 atom stereocenters. The zero-order valence-electron chi connectivity index (χ0n) is 19.8. The molecule has 2 heterocycles. The molecule has 1 spiro atoms. The van der Waals surface area contributed by atoms with Gasteiger partial charge in [-0.25, -0.2) is 0 Å². The molecule has 2 aliphatic carbocycles. The van der Waals surface area contributed by atoms with Gasteiger partial charge >= 0.3 is 0 Å². The predicted octanol–water partition coefficient (Wildman–Crippen LogP) is 5.70. The summed E-state index contributed by atoms with van der Waals surface area (Å²) in [5, 5.41) is 0. The average Bonchev–Trinajstić information content (AvgIpc) is 3.42. The second-order valence-electron chi connectivity index (χ2n) is 10.4. The van der Waals surface area contributed by atoms with E-state index in [2.05, 4.69) is 13.5 Å². The van der Waals surface area contributed by atoms with Gasteiger partial charge in [0.1, 0.15) is 0 Å². The first-order chi connectivity index (χ1) is 16.6. The largest absolute Gasteiger partial charge is 0.495 e. The summed E-state index contributed by atoms with van der Waals surface area (Å²) < 4.78 is 18.4. The quantitative estimate of drug-likeness (QED) is 0.591. The smallest absolute Gasteiger partial charge is 0.235 e. The second kappa shape index (κ2) is 8.54. The van der Waals surface area contributed by atoms with Crippen molar-refractivity contribution in [3.05, 3.63) is 73.0 Å². The summed E-state index contributed by atoms with van der Waals surface area (Å²) in [6.45, 7) is 7.69. The number of hydrogen-bond donors (Lipinski definition) is 0. The van der Waals surface area contributed by atoms with Gasteiger partial charge in [0, 0.05) is 42.0 Å². The van der Waals surface area contributed by atoms with Crippen LogP contribution in [0.2, 0.25) is 0 Å². The van der Waals surface area contributed by atoms with Gasteiger partial charge in [-0.15, -0.1) is 0 Å². The lowest BCUT2D eigenvalue weighted by atomic mass is 9.56. The molecule has 0 aromatic heterocycles. The first kappa shape index (κ1) is 21.9. The number of benzene rings is 2. The fourth-order valence-electron chi connectivity index (χ4n) is 7.21. The molecule has 0 radical (unpaired) electrons. The minimum Gasteiger partial charge on any atom is -0.495 e. The summed E-state index contributed by atoms with van der Waals surface area (Å²) in [6, 6.07) is 20.0. The third-order valence-corrected chi connectivity index (χ3v) is 8.58. The number of nitrogens with zero attached hydrogens (tertiary/aromatic N) is 1. The van der Waals surface area contributed by atoms with Gasteiger partial charge in [-0.3, -0.25) is 9.69 Å². The van der Waals surface area contributed by atoms with E-state index in [-0.39, 0.29) is 35.7 Å². The minimum absolute atomic E-state index is 0.0179. The van der Waals surface area contributed by atoms with Gasteiger partial charge in [-0.05, 0) is 55.9 Å². The molecule has 34 heavy (non-hydrogen) atoms. The lowest BCUT2D eigenvalue weighted by Gasteiger charge is -2.50. The van der Waals surface area contributed by atoms with Crippen molar-refractivity contribution in [1.29, 1.82) is 0 Å². The molecule has 0 bridgehead atoms. The number of carbonyl (C=O) groups is 1. The second-order valence-corrected chi connectivity index (χ2v) is 10.4. The zero-order valence-corrected chi connectivity index (χ0v) is 19.8. The van der Waals surface area contributed by atoms with E-state index in [0.29, 0.717) is 19.1 Å². The Bertz CT molecular complexity index is 1010. The van der Waals surface area contributed by atoms with Crippen molar-refractivity contribution in [1.82, 2.24) is 0 Å². The van der Waals surface area contributed by atoms with E-state index in [9.17, 15) is 4.79 Å². The van der Waals surface area contributed by atoms with Crippen LogP contribution in [0.15, 0.2) is 73.0 Å². The topological polar surface area (TPSA) is 48.0 Å². The fourth-order valence-corrected chi connectivity index (χ4v) is 7.21. The molecule has 1 unspecified atom stereocenters. The fraction of sp³-hybridized carbons (Fsp3) is 0.483. The Balaban J connectivity index is 1.41. The first-order valence-electron chi connectivity index (χ1n) is 12.6. The van der Waals surface area contributed by atoms with Crippen molar-refractivity contribution in [3.8, 4) is 0 Å². The third kappa shape index (κ3) is 3.57. The van der Waals surface area contributed by atoms with E-state index in [1.165, 1.54) is 0 Å². The van der Waals surface area contributed by atoms with Crippen LogP contribution in [0.25, 0.3) is 0 Å². The molecule has 1 amide bonds. The summed E-state index contributed by atoms with van der Waals surface area (Å²) in [5.74, 6) is 1.35. The summed E-state index contributed by atoms with van der Waals surface area (Å²) in [6.07, 6.45) is 3.61. The normalized spacial score (nSPS) is 33.7. The van der Waals surface area contributed by atoms with E-state index < -0.39 is 5.79 Å².